The van der Waals surface area contributed by atoms with Crippen molar-refractivity contribution in [3.63, 3.8) is 0 Å². The van der Waals surface area contributed by atoms with Gasteiger partial charge in [0.05, 0.1) is 11.7 Å². The summed E-state index contributed by atoms with van der Waals surface area (Å²) >= 11 is 0. The molecule has 0 spiro atoms. The molecule has 1 rings (SSSR count). The molecule has 90 valence electrons. The van der Waals surface area contributed by atoms with Crippen molar-refractivity contribution in [3.05, 3.63) is 35.4 Å². The molecule has 0 aromatic heterocycles. The maximum absolute atomic E-state index is 6.04. The van der Waals surface area contributed by atoms with Crippen molar-refractivity contribution in [2.45, 2.75) is 39.4 Å². The Bertz CT molecular complexity index is 311. The highest BCUT2D eigenvalue weighted by Gasteiger charge is 2.19. The van der Waals surface area contributed by atoms with E-state index in [-0.39, 0.29) is 11.7 Å². The lowest BCUT2D eigenvalue weighted by atomic mass is 10.1. The van der Waals surface area contributed by atoms with Crippen molar-refractivity contribution in [1.29, 1.82) is 0 Å². The molecule has 0 saturated heterocycles. The number of nitrogens with one attached hydrogen (secondary N) is 1. The van der Waals surface area contributed by atoms with Gasteiger partial charge in [0.1, 0.15) is 0 Å². The van der Waals surface area contributed by atoms with E-state index in [4.69, 9.17) is 4.74 Å². The third-order valence-corrected chi connectivity index (χ3v) is 2.33. The smallest absolute Gasteiger partial charge is 0.0956 e. The van der Waals surface area contributed by atoms with Crippen molar-refractivity contribution in [1.82, 2.24) is 5.32 Å². The van der Waals surface area contributed by atoms with Crippen LogP contribution in [0.5, 0.6) is 0 Å². The van der Waals surface area contributed by atoms with Gasteiger partial charge in [-0.1, -0.05) is 29.8 Å². The fourth-order valence-corrected chi connectivity index (χ4v) is 1.62. The highest BCUT2D eigenvalue weighted by molar-refractivity contribution is 5.23. The Labute approximate surface area is 99.0 Å². The number of hydrogen-bond donors (Lipinski definition) is 1. The van der Waals surface area contributed by atoms with Crippen LogP contribution in [0.1, 0.15) is 38.0 Å². The maximum atomic E-state index is 6.04. The van der Waals surface area contributed by atoms with Crippen LogP contribution in [0.3, 0.4) is 0 Å². The monoisotopic (exact) mass is 221 g/mol. The minimum absolute atomic E-state index is 0.116. The molecule has 0 aliphatic heterocycles. The maximum Gasteiger partial charge on any atom is 0.0956 e. The first-order chi connectivity index (χ1) is 7.42. The second kappa shape index (κ2) is 5.46. The molecule has 1 aromatic rings. The predicted octanol–water partition coefficient (Wildman–Crippen LogP) is 3.07. The summed E-state index contributed by atoms with van der Waals surface area (Å²) in [6.07, 6.45) is 0.116. The number of hydrogen-bond acceptors (Lipinski definition) is 2. The topological polar surface area (TPSA) is 21.3 Å². The molecule has 0 heterocycles. The molecule has 2 heteroatoms. The highest BCUT2D eigenvalue weighted by Crippen LogP contribution is 2.23. The summed E-state index contributed by atoms with van der Waals surface area (Å²) in [4.78, 5) is 0. The fraction of sp³-hybridized carbons (Fsp3) is 0.571. The summed E-state index contributed by atoms with van der Waals surface area (Å²) in [5.41, 5.74) is 2.39. The lowest BCUT2D eigenvalue weighted by Crippen LogP contribution is -2.28. The van der Waals surface area contributed by atoms with Crippen LogP contribution < -0.4 is 5.32 Å². The van der Waals surface area contributed by atoms with Gasteiger partial charge in [0.2, 0.25) is 0 Å². The van der Waals surface area contributed by atoms with E-state index in [0.29, 0.717) is 0 Å². The minimum Gasteiger partial charge on any atom is -0.367 e. The lowest BCUT2D eigenvalue weighted by molar-refractivity contribution is -0.0599. The Hall–Kier alpha value is -0.860. The average molecular weight is 221 g/mol. The normalized spacial score (nSPS) is 13.8. The first kappa shape index (κ1) is 13.2. The van der Waals surface area contributed by atoms with Gasteiger partial charge >= 0.3 is 0 Å². The Morgan fingerprint density at radius 3 is 2.19 bits per heavy atom. The molecule has 1 N–H and O–H groups in total. The fourth-order valence-electron chi connectivity index (χ4n) is 1.62. The summed E-state index contributed by atoms with van der Waals surface area (Å²) in [5, 5.41) is 3.18. The molecule has 0 amide bonds. The first-order valence-electron chi connectivity index (χ1n) is 5.81. The minimum atomic E-state index is -0.119. The summed E-state index contributed by atoms with van der Waals surface area (Å²) in [7, 11) is 1.95. The van der Waals surface area contributed by atoms with Gasteiger partial charge in [0.15, 0.2) is 0 Å². The summed E-state index contributed by atoms with van der Waals surface area (Å²) < 4.78 is 6.04. The van der Waals surface area contributed by atoms with Crippen LogP contribution in [0.25, 0.3) is 0 Å². The number of aryl methyl sites for hydroxylation is 1. The molecule has 0 saturated carbocycles. The quantitative estimate of drug-likeness (QED) is 0.843. The molecule has 0 bridgehead atoms. The van der Waals surface area contributed by atoms with Crippen molar-refractivity contribution in [2.75, 3.05) is 13.6 Å². The van der Waals surface area contributed by atoms with Crippen LogP contribution in [0.2, 0.25) is 0 Å². The third kappa shape index (κ3) is 4.33. The Balaban J connectivity index is 2.80. The van der Waals surface area contributed by atoms with E-state index >= 15 is 0 Å². The largest absolute Gasteiger partial charge is 0.367 e. The van der Waals surface area contributed by atoms with Crippen LogP contribution in [0.4, 0.5) is 0 Å². The predicted molar refractivity (Wildman–Crippen MR) is 68.7 cm³/mol. The molecular formula is C14H23NO. The van der Waals surface area contributed by atoms with E-state index in [1.807, 2.05) is 7.05 Å². The van der Waals surface area contributed by atoms with Gasteiger partial charge in [-0.05, 0) is 40.3 Å². The SMILES string of the molecule is CNCC(OC(C)(C)C)c1ccc(C)cc1. The molecule has 16 heavy (non-hydrogen) atoms. The Morgan fingerprint density at radius 2 is 1.75 bits per heavy atom. The zero-order chi connectivity index (χ0) is 12.2. The van der Waals surface area contributed by atoms with Gasteiger partial charge in [-0.25, -0.2) is 0 Å². The van der Waals surface area contributed by atoms with Crippen LogP contribution in [-0.4, -0.2) is 19.2 Å². The van der Waals surface area contributed by atoms with Gasteiger partial charge in [0.25, 0.3) is 0 Å². The van der Waals surface area contributed by atoms with Crippen LogP contribution >= 0.6 is 0 Å². The van der Waals surface area contributed by atoms with E-state index in [1.165, 1.54) is 11.1 Å². The van der Waals surface area contributed by atoms with Gasteiger partial charge < -0.3 is 10.1 Å². The zero-order valence-corrected chi connectivity index (χ0v) is 11.0. The molecule has 0 aliphatic carbocycles. The first-order valence-corrected chi connectivity index (χ1v) is 5.81. The second-order valence-electron chi connectivity index (χ2n) is 5.19. The lowest BCUT2D eigenvalue weighted by Gasteiger charge is -2.28. The van der Waals surface area contributed by atoms with Gasteiger partial charge in [-0.15, -0.1) is 0 Å². The molecule has 1 unspecified atom stereocenters. The van der Waals surface area contributed by atoms with Crippen LogP contribution in [0, 0.1) is 6.92 Å². The highest BCUT2D eigenvalue weighted by atomic mass is 16.5. The van der Waals surface area contributed by atoms with E-state index in [1.54, 1.807) is 0 Å². The van der Waals surface area contributed by atoms with Gasteiger partial charge in [-0.3, -0.25) is 0 Å². The standard InChI is InChI=1S/C14H23NO/c1-11-6-8-12(9-7-11)13(10-15-5)16-14(2,3)4/h6-9,13,15H,10H2,1-5H3. The summed E-state index contributed by atoms with van der Waals surface area (Å²) in [6.45, 7) is 9.19. The summed E-state index contributed by atoms with van der Waals surface area (Å²) in [6, 6.07) is 8.54. The molecule has 0 fully saturated rings. The molecular weight excluding hydrogens is 198 g/mol. The molecule has 2 nitrogen and oxygen atoms in total. The second-order valence-corrected chi connectivity index (χ2v) is 5.19. The van der Waals surface area contributed by atoms with Crippen molar-refractivity contribution in [3.8, 4) is 0 Å². The van der Waals surface area contributed by atoms with Crippen LogP contribution in [0.15, 0.2) is 24.3 Å². The number of rotatable bonds is 4. The van der Waals surface area contributed by atoms with Gasteiger partial charge in [0, 0.05) is 6.54 Å². The average Bonchev–Trinajstić information content (AvgIpc) is 2.16. The van der Waals surface area contributed by atoms with E-state index < -0.39 is 0 Å². The van der Waals surface area contributed by atoms with Gasteiger partial charge in [-0.2, -0.15) is 0 Å². The van der Waals surface area contributed by atoms with E-state index in [9.17, 15) is 0 Å². The van der Waals surface area contributed by atoms with Crippen LogP contribution in [-0.2, 0) is 4.74 Å². The van der Waals surface area contributed by atoms with E-state index in [2.05, 4.69) is 57.3 Å². The number of likely N-dealkylation sites (N-methyl/N-ethyl adjacent to an activating group) is 1. The third-order valence-electron chi connectivity index (χ3n) is 2.33. The molecule has 0 radical (unpaired) electrons. The Kier molecular flexibility index (Phi) is 4.51. The Morgan fingerprint density at radius 1 is 1.19 bits per heavy atom. The van der Waals surface area contributed by atoms with E-state index in [0.717, 1.165) is 6.54 Å². The number of ether oxygens (including phenoxy) is 1. The molecule has 1 aromatic carbocycles. The molecule has 0 aliphatic rings. The zero-order valence-electron chi connectivity index (χ0n) is 11.0. The molecule has 1 atom stereocenters. The number of benzene rings is 1. The van der Waals surface area contributed by atoms with Crippen molar-refractivity contribution in [2.24, 2.45) is 0 Å². The van der Waals surface area contributed by atoms with Crippen molar-refractivity contribution >= 4 is 0 Å². The summed E-state index contributed by atoms with van der Waals surface area (Å²) in [5.74, 6) is 0. The van der Waals surface area contributed by atoms with Crippen molar-refractivity contribution < 1.29 is 4.74 Å².